The molecule has 1 aromatic heterocycles. The van der Waals surface area contributed by atoms with Crippen molar-refractivity contribution in [2.45, 2.75) is 0 Å². The number of rotatable bonds is 5. The SMILES string of the molecule is N#Cc1c(-c2ccc(-c3ccc4c(c3)c3ccccc3n4-c3ccccc3)cc2)c(-c2ccccc2)c2c(c1-c1ccccc1)-c1cccc3cccc-2c13. The standard InChI is InChI=1S/C53H32N2/c54-33-45-49(38-28-26-34(27-29-38)39-30-31-47-44(32-39)41-22-10-11-25-46(41)55(47)40-20-8-3-9-21-40)51(37-16-6-2-7-17-37)53-43-24-13-19-35-18-12-23-42(48(35)43)52(53)50(45)36-14-4-1-5-15-36/h1-32H. The number of benzene rings is 9. The smallest absolute Gasteiger partial charge is 0.100 e. The predicted octanol–water partition coefficient (Wildman–Crippen LogP) is 14.1. The van der Waals surface area contributed by atoms with E-state index in [0.717, 1.165) is 55.8 Å². The van der Waals surface area contributed by atoms with Crippen LogP contribution in [0.3, 0.4) is 0 Å². The Bertz CT molecular complexity index is 3160. The molecule has 0 saturated carbocycles. The molecule has 9 aromatic carbocycles. The fourth-order valence-corrected chi connectivity index (χ4v) is 9.07. The lowest BCUT2D eigenvalue weighted by Crippen LogP contribution is -1.99. The number of para-hydroxylation sites is 2. The molecule has 0 amide bonds. The predicted molar refractivity (Wildman–Crippen MR) is 229 cm³/mol. The van der Waals surface area contributed by atoms with Gasteiger partial charge in [-0.1, -0.05) is 164 Å². The maximum Gasteiger partial charge on any atom is 0.100 e. The zero-order chi connectivity index (χ0) is 36.5. The fourth-order valence-electron chi connectivity index (χ4n) is 9.07. The Morgan fingerprint density at radius 3 is 1.55 bits per heavy atom. The number of hydrogen-bond donors (Lipinski definition) is 0. The van der Waals surface area contributed by atoms with Gasteiger partial charge in [-0.25, -0.2) is 0 Å². The monoisotopic (exact) mass is 696 g/mol. The maximum atomic E-state index is 11.3. The first-order valence-corrected chi connectivity index (χ1v) is 18.8. The summed E-state index contributed by atoms with van der Waals surface area (Å²) in [4.78, 5) is 0. The Balaban J connectivity index is 1.15. The van der Waals surface area contributed by atoms with E-state index in [0.29, 0.717) is 5.56 Å². The van der Waals surface area contributed by atoms with Gasteiger partial charge in [0.2, 0.25) is 0 Å². The fraction of sp³-hybridized carbons (Fsp3) is 0. The van der Waals surface area contributed by atoms with Crippen LogP contribution < -0.4 is 0 Å². The third-order valence-electron chi connectivity index (χ3n) is 11.4. The number of nitriles is 1. The molecule has 0 N–H and O–H groups in total. The molecule has 0 radical (unpaired) electrons. The van der Waals surface area contributed by atoms with Crippen LogP contribution in [0.1, 0.15) is 5.56 Å². The van der Waals surface area contributed by atoms with E-state index in [2.05, 4.69) is 199 Å². The molecule has 55 heavy (non-hydrogen) atoms. The number of fused-ring (bicyclic) bond motifs is 6. The van der Waals surface area contributed by atoms with Gasteiger partial charge in [-0.2, -0.15) is 5.26 Å². The van der Waals surface area contributed by atoms with Crippen LogP contribution in [0.15, 0.2) is 194 Å². The van der Waals surface area contributed by atoms with E-state index in [1.54, 1.807) is 0 Å². The number of hydrogen-bond acceptors (Lipinski definition) is 1. The highest BCUT2D eigenvalue weighted by atomic mass is 15.0. The molecular weight excluding hydrogens is 665 g/mol. The largest absolute Gasteiger partial charge is 0.309 e. The molecule has 10 aromatic rings. The molecule has 11 rings (SSSR count). The normalized spacial score (nSPS) is 11.6. The van der Waals surface area contributed by atoms with Gasteiger partial charge in [0.25, 0.3) is 0 Å². The molecule has 0 saturated heterocycles. The third-order valence-corrected chi connectivity index (χ3v) is 11.4. The second-order valence-corrected chi connectivity index (χ2v) is 14.3. The lowest BCUT2D eigenvalue weighted by molar-refractivity contribution is 1.18. The highest BCUT2D eigenvalue weighted by molar-refractivity contribution is 6.24. The average molecular weight is 697 g/mol. The van der Waals surface area contributed by atoms with E-state index in [9.17, 15) is 5.26 Å². The zero-order valence-electron chi connectivity index (χ0n) is 29.9. The van der Waals surface area contributed by atoms with E-state index in [1.807, 2.05) is 6.07 Å². The Kier molecular flexibility index (Phi) is 6.96. The minimum Gasteiger partial charge on any atom is -0.309 e. The molecule has 0 fully saturated rings. The van der Waals surface area contributed by atoms with Gasteiger partial charge in [-0.3, -0.25) is 0 Å². The van der Waals surface area contributed by atoms with Crippen LogP contribution in [-0.4, -0.2) is 4.57 Å². The van der Waals surface area contributed by atoms with E-state index >= 15 is 0 Å². The number of nitrogens with zero attached hydrogens (tertiary/aromatic N) is 2. The van der Waals surface area contributed by atoms with Gasteiger partial charge in [-0.05, 0) is 96.7 Å². The van der Waals surface area contributed by atoms with E-state index in [1.165, 1.54) is 49.3 Å². The van der Waals surface area contributed by atoms with Crippen LogP contribution in [0.25, 0.3) is 105 Å². The minimum atomic E-state index is 0.691. The van der Waals surface area contributed by atoms with Crippen LogP contribution in [0.2, 0.25) is 0 Å². The second-order valence-electron chi connectivity index (χ2n) is 14.3. The van der Waals surface area contributed by atoms with E-state index in [-0.39, 0.29) is 0 Å². The molecule has 0 spiro atoms. The van der Waals surface area contributed by atoms with Gasteiger partial charge in [0, 0.05) is 27.6 Å². The molecule has 1 aliphatic rings. The quantitative estimate of drug-likeness (QED) is 0.176. The van der Waals surface area contributed by atoms with Crippen molar-refractivity contribution in [3.63, 3.8) is 0 Å². The Morgan fingerprint density at radius 1 is 0.364 bits per heavy atom. The van der Waals surface area contributed by atoms with Gasteiger partial charge >= 0.3 is 0 Å². The first kappa shape index (κ1) is 31.1. The van der Waals surface area contributed by atoms with Crippen molar-refractivity contribution in [1.29, 1.82) is 5.26 Å². The summed E-state index contributed by atoms with van der Waals surface area (Å²) >= 11 is 0. The van der Waals surface area contributed by atoms with Crippen molar-refractivity contribution >= 4 is 32.6 Å². The number of aromatic nitrogens is 1. The van der Waals surface area contributed by atoms with Crippen LogP contribution in [0.5, 0.6) is 0 Å². The third kappa shape index (κ3) is 4.67. The minimum absolute atomic E-state index is 0.691. The van der Waals surface area contributed by atoms with E-state index < -0.39 is 0 Å². The van der Waals surface area contributed by atoms with Gasteiger partial charge < -0.3 is 4.57 Å². The first-order valence-electron chi connectivity index (χ1n) is 18.8. The summed E-state index contributed by atoms with van der Waals surface area (Å²) < 4.78 is 2.35. The van der Waals surface area contributed by atoms with Gasteiger partial charge in [0.1, 0.15) is 6.07 Å². The summed E-state index contributed by atoms with van der Waals surface area (Å²) in [5.41, 5.74) is 17.4. The lowest BCUT2D eigenvalue weighted by atomic mass is 9.78. The van der Waals surface area contributed by atoms with Gasteiger partial charge in [0.15, 0.2) is 0 Å². The molecule has 2 heteroatoms. The summed E-state index contributed by atoms with van der Waals surface area (Å²) in [6, 6.07) is 71.9. The highest BCUT2D eigenvalue weighted by Gasteiger charge is 2.33. The maximum absolute atomic E-state index is 11.3. The Morgan fingerprint density at radius 2 is 0.873 bits per heavy atom. The molecule has 1 aliphatic carbocycles. The van der Waals surface area contributed by atoms with Crippen LogP contribution in [0, 0.1) is 11.3 Å². The van der Waals surface area contributed by atoms with Crippen LogP contribution >= 0.6 is 0 Å². The van der Waals surface area contributed by atoms with E-state index in [4.69, 9.17) is 0 Å². The summed E-state index contributed by atoms with van der Waals surface area (Å²) in [7, 11) is 0. The average Bonchev–Trinajstić information content (AvgIpc) is 3.77. The van der Waals surface area contributed by atoms with Crippen LogP contribution in [-0.2, 0) is 0 Å². The van der Waals surface area contributed by atoms with Gasteiger partial charge in [0.05, 0.1) is 16.6 Å². The molecule has 0 unspecified atom stereocenters. The van der Waals surface area contributed by atoms with Crippen molar-refractivity contribution in [2.75, 3.05) is 0 Å². The molecule has 1 heterocycles. The van der Waals surface area contributed by atoms with Crippen molar-refractivity contribution in [1.82, 2.24) is 4.57 Å². The summed E-state index contributed by atoms with van der Waals surface area (Å²) in [6.07, 6.45) is 0. The van der Waals surface area contributed by atoms with Crippen molar-refractivity contribution in [2.24, 2.45) is 0 Å². The molecule has 0 atom stereocenters. The topological polar surface area (TPSA) is 28.7 Å². The molecule has 0 bridgehead atoms. The molecule has 2 nitrogen and oxygen atoms in total. The van der Waals surface area contributed by atoms with Crippen molar-refractivity contribution in [3.05, 3.63) is 200 Å². The first-order chi connectivity index (χ1) is 27.3. The highest BCUT2D eigenvalue weighted by Crippen LogP contribution is 2.58. The second kappa shape index (κ2) is 12.3. The lowest BCUT2D eigenvalue weighted by Gasteiger charge is -2.23. The summed E-state index contributed by atoms with van der Waals surface area (Å²) in [5.74, 6) is 0. The molecule has 0 aliphatic heterocycles. The summed E-state index contributed by atoms with van der Waals surface area (Å²) in [6.45, 7) is 0. The van der Waals surface area contributed by atoms with Gasteiger partial charge in [-0.15, -0.1) is 0 Å². The summed E-state index contributed by atoms with van der Waals surface area (Å²) in [5, 5.41) is 16.2. The van der Waals surface area contributed by atoms with Crippen LogP contribution in [0.4, 0.5) is 0 Å². The Labute approximate surface area is 319 Å². The van der Waals surface area contributed by atoms with Crippen molar-refractivity contribution in [3.8, 4) is 78.5 Å². The molecular formula is C53H32N2. The molecule has 254 valence electrons. The zero-order valence-corrected chi connectivity index (χ0v) is 29.9. The van der Waals surface area contributed by atoms with Crippen molar-refractivity contribution < 1.29 is 0 Å². The Hall–Kier alpha value is -7.47.